The Morgan fingerprint density at radius 1 is 1.39 bits per heavy atom. The number of nitrogens with zero attached hydrogens (tertiary/aromatic N) is 1. The van der Waals surface area contributed by atoms with E-state index in [9.17, 15) is 23.3 Å². The number of primary amides is 1. The lowest BCUT2D eigenvalue weighted by molar-refractivity contribution is -0.384. The van der Waals surface area contributed by atoms with Crippen LogP contribution in [-0.2, 0) is 19.1 Å². The second kappa shape index (κ2) is 5.10. The van der Waals surface area contributed by atoms with Gasteiger partial charge in [0.1, 0.15) is 0 Å². The minimum absolute atomic E-state index is 0.253. The highest BCUT2D eigenvalue weighted by molar-refractivity contribution is 7.86. The lowest BCUT2D eigenvalue weighted by Crippen LogP contribution is -2.30. The molecule has 1 aromatic rings. The van der Waals surface area contributed by atoms with Crippen LogP contribution in [0.15, 0.2) is 29.2 Å². The maximum absolute atomic E-state index is 11.6. The van der Waals surface area contributed by atoms with E-state index in [0.717, 1.165) is 24.3 Å². The lowest BCUT2D eigenvalue weighted by Gasteiger charge is -2.09. The summed E-state index contributed by atoms with van der Waals surface area (Å²) in [7, 11) is -4.17. The van der Waals surface area contributed by atoms with E-state index in [1.165, 1.54) is 6.92 Å². The van der Waals surface area contributed by atoms with Crippen molar-refractivity contribution in [2.24, 2.45) is 5.73 Å². The standard InChI is InChI=1S/C9H10N2O6S/c1-6(9(10)12)17-18(15,16)8-4-2-7(3-5-8)11(13)14/h2-6H,1H3,(H2,10,12)/t6-/m1/s1. The van der Waals surface area contributed by atoms with Crippen LogP contribution in [0.5, 0.6) is 0 Å². The molecule has 8 nitrogen and oxygen atoms in total. The maximum Gasteiger partial charge on any atom is 0.297 e. The first kappa shape index (κ1) is 14.1. The summed E-state index contributed by atoms with van der Waals surface area (Å²) in [6.45, 7) is 1.19. The predicted molar refractivity (Wildman–Crippen MR) is 60.0 cm³/mol. The van der Waals surface area contributed by atoms with E-state index in [0.29, 0.717) is 0 Å². The Morgan fingerprint density at radius 2 is 1.89 bits per heavy atom. The zero-order valence-corrected chi connectivity index (χ0v) is 10.1. The third kappa shape index (κ3) is 3.25. The Bertz CT molecular complexity index is 565. The van der Waals surface area contributed by atoms with Crippen molar-refractivity contribution in [3.63, 3.8) is 0 Å². The average molecular weight is 274 g/mol. The lowest BCUT2D eigenvalue weighted by atomic mass is 10.3. The summed E-state index contributed by atoms with van der Waals surface area (Å²) in [6, 6.07) is 4.07. The smallest absolute Gasteiger partial charge is 0.297 e. The summed E-state index contributed by atoms with van der Waals surface area (Å²) < 4.78 is 27.8. The van der Waals surface area contributed by atoms with Gasteiger partial charge >= 0.3 is 0 Å². The molecule has 0 saturated heterocycles. The van der Waals surface area contributed by atoms with Crippen LogP contribution in [0.4, 0.5) is 5.69 Å². The molecule has 0 saturated carbocycles. The molecule has 0 fully saturated rings. The van der Waals surface area contributed by atoms with Gasteiger partial charge in [-0.15, -0.1) is 0 Å². The summed E-state index contributed by atoms with van der Waals surface area (Å²) in [5.41, 5.74) is 4.61. The van der Waals surface area contributed by atoms with Gasteiger partial charge in [-0.2, -0.15) is 8.42 Å². The zero-order valence-electron chi connectivity index (χ0n) is 9.27. The summed E-state index contributed by atoms with van der Waals surface area (Å²) in [5, 5.41) is 10.4. The monoisotopic (exact) mass is 274 g/mol. The van der Waals surface area contributed by atoms with Gasteiger partial charge in [0.15, 0.2) is 6.10 Å². The van der Waals surface area contributed by atoms with Gasteiger partial charge in [0.05, 0.1) is 9.82 Å². The molecule has 0 bridgehead atoms. The summed E-state index contributed by atoms with van der Waals surface area (Å²) in [6.07, 6.45) is -1.31. The molecule has 0 radical (unpaired) electrons. The Kier molecular flexibility index (Phi) is 3.99. The Labute approximate surface area is 103 Å². The Hall–Kier alpha value is -2.00. The summed E-state index contributed by atoms with van der Waals surface area (Å²) in [4.78, 5) is 20.1. The highest BCUT2D eigenvalue weighted by atomic mass is 32.2. The normalized spacial score (nSPS) is 12.9. The number of carbonyl (C=O) groups is 1. The topological polar surface area (TPSA) is 130 Å². The second-order valence-corrected chi connectivity index (χ2v) is 4.92. The van der Waals surface area contributed by atoms with Crippen LogP contribution in [0.2, 0.25) is 0 Å². The summed E-state index contributed by atoms with van der Waals surface area (Å²) in [5.74, 6) is -0.930. The maximum atomic E-state index is 11.6. The molecule has 2 N–H and O–H groups in total. The summed E-state index contributed by atoms with van der Waals surface area (Å²) >= 11 is 0. The number of hydrogen-bond acceptors (Lipinski definition) is 6. The number of nitro benzene ring substituents is 1. The molecular formula is C9H10N2O6S. The fraction of sp³-hybridized carbons (Fsp3) is 0.222. The van der Waals surface area contributed by atoms with Crippen molar-refractivity contribution < 1.29 is 22.3 Å². The first-order valence-corrected chi connectivity index (χ1v) is 6.12. The van der Waals surface area contributed by atoms with E-state index in [4.69, 9.17) is 5.73 Å². The van der Waals surface area contributed by atoms with Crippen LogP contribution in [0.25, 0.3) is 0 Å². The number of rotatable bonds is 5. The largest absolute Gasteiger partial charge is 0.367 e. The molecule has 1 aromatic carbocycles. The fourth-order valence-electron chi connectivity index (χ4n) is 1.03. The molecule has 0 aliphatic carbocycles. The van der Waals surface area contributed by atoms with Gasteiger partial charge in [-0.3, -0.25) is 19.1 Å². The number of nitrogens with two attached hydrogens (primary N) is 1. The van der Waals surface area contributed by atoms with E-state index in [1.807, 2.05) is 0 Å². The molecule has 0 heterocycles. The number of benzene rings is 1. The zero-order chi connectivity index (χ0) is 13.9. The van der Waals surface area contributed by atoms with Gasteiger partial charge in [-0.05, 0) is 19.1 Å². The predicted octanol–water partition coefficient (Wildman–Crippen LogP) is 0.174. The Balaban J connectivity index is 2.99. The average Bonchev–Trinajstić information content (AvgIpc) is 2.28. The first-order valence-electron chi connectivity index (χ1n) is 4.71. The van der Waals surface area contributed by atoms with Gasteiger partial charge in [0, 0.05) is 12.1 Å². The molecule has 0 unspecified atom stereocenters. The molecule has 18 heavy (non-hydrogen) atoms. The van der Waals surface area contributed by atoms with Crippen LogP contribution in [0, 0.1) is 10.1 Å². The SMILES string of the molecule is C[C@@H](OS(=O)(=O)c1ccc([N+](=O)[O-])cc1)C(N)=O. The number of non-ortho nitro benzene ring substituents is 1. The first-order chi connectivity index (χ1) is 8.24. The van der Waals surface area contributed by atoms with Crippen LogP contribution >= 0.6 is 0 Å². The highest BCUT2D eigenvalue weighted by Gasteiger charge is 2.22. The van der Waals surface area contributed by atoms with E-state index in [-0.39, 0.29) is 10.6 Å². The number of hydrogen-bond donors (Lipinski definition) is 1. The Morgan fingerprint density at radius 3 is 2.28 bits per heavy atom. The fourth-order valence-corrected chi connectivity index (χ4v) is 2.08. The molecule has 98 valence electrons. The number of nitro groups is 1. The highest BCUT2D eigenvalue weighted by Crippen LogP contribution is 2.18. The molecule has 1 atom stereocenters. The van der Waals surface area contributed by atoms with Crippen LogP contribution < -0.4 is 5.73 Å². The molecule has 0 aliphatic rings. The van der Waals surface area contributed by atoms with E-state index >= 15 is 0 Å². The molecule has 0 aromatic heterocycles. The van der Waals surface area contributed by atoms with Crippen molar-refractivity contribution in [1.29, 1.82) is 0 Å². The van der Waals surface area contributed by atoms with Crippen molar-refractivity contribution in [3.8, 4) is 0 Å². The second-order valence-electron chi connectivity index (χ2n) is 3.35. The van der Waals surface area contributed by atoms with Crippen LogP contribution in [-0.4, -0.2) is 25.4 Å². The third-order valence-corrected chi connectivity index (χ3v) is 3.40. The molecular weight excluding hydrogens is 264 g/mol. The van der Waals surface area contributed by atoms with Crippen molar-refractivity contribution in [2.75, 3.05) is 0 Å². The van der Waals surface area contributed by atoms with Gasteiger partial charge in [0.25, 0.3) is 15.8 Å². The van der Waals surface area contributed by atoms with E-state index < -0.39 is 27.1 Å². The molecule has 1 rings (SSSR count). The van der Waals surface area contributed by atoms with Crippen molar-refractivity contribution >= 4 is 21.7 Å². The van der Waals surface area contributed by atoms with Crippen LogP contribution in [0.1, 0.15) is 6.92 Å². The van der Waals surface area contributed by atoms with Gasteiger partial charge in [-0.25, -0.2) is 0 Å². The minimum atomic E-state index is -4.17. The molecule has 0 aliphatic heterocycles. The number of amides is 1. The third-order valence-electron chi connectivity index (χ3n) is 2.01. The molecule has 1 amide bonds. The van der Waals surface area contributed by atoms with Crippen molar-refractivity contribution in [1.82, 2.24) is 0 Å². The van der Waals surface area contributed by atoms with Crippen LogP contribution in [0.3, 0.4) is 0 Å². The molecule has 9 heteroatoms. The van der Waals surface area contributed by atoms with Gasteiger partial charge in [-0.1, -0.05) is 0 Å². The van der Waals surface area contributed by atoms with E-state index in [1.54, 1.807) is 0 Å². The van der Waals surface area contributed by atoms with Crippen molar-refractivity contribution in [2.45, 2.75) is 17.9 Å². The quantitative estimate of drug-likeness (QED) is 0.463. The minimum Gasteiger partial charge on any atom is -0.367 e. The van der Waals surface area contributed by atoms with E-state index in [2.05, 4.69) is 4.18 Å². The van der Waals surface area contributed by atoms with Crippen molar-refractivity contribution in [3.05, 3.63) is 34.4 Å². The van der Waals surface area contributed by atoms with Gasteiger partial charge in [0.2, 0.25) is 5.91 Å². The molecule has 0 spiro atoms. The van der Waals surface area contributed by atoms with Gasteiger partial charge < -0.3 is 5.73 Å². The number of carbonyl (C=O) groups excluding carboxylic acids is 1.